The first-order valence-electron chi connectivity index (χ1n) is 11.6. The van der Waals surface area contributed by atoms with Gasteiger partial charge in [-0.2, -0.15) is 0 Å². The molecule has 2 aromatic rings. The topological polar surface area (TPSA) is 88.1 Å². The van der Waals surface area contributed by atoms with Gasteiger partial charge in [0.2, 0.25) is 11.8 Å². The summed E-state index contributed by atoms with van der Waals surface area (Å²) >= 11 is 0. The minimum Gasteiger partial charge on any atom is -0.496 e. The Balaban J connectivity index is 1.45. The summed E-state index contributed by atoms with van der Waals surface area (Å²) in [7, 11) is 1.60. The molecule has 2 atom stereocenters. The van der Waals surface area contributed by atoms with Crippen molar-refractivity contribution in [3.05, 3.63) is 59.7 Å². The normalized spacial score (nSPS) is 20.4. The highest BCUT2D eigenvalue weighted by atomic mass is 16.5. The molecule has 0 radical (unpaired) electrons. The van der Waals surface area contributed by atoms with Crippen molar-refractivity contribution in [2.24, 2.45) is 5.92 Å². The Bertz CT molecular complexity index is 955. The number of nitrogens with zero attached hydrogens (tertiary/aromatic N) is 1. The number of rotatable bonds is 7. The van der Waals surface area contributed by atoms with Crippen molar-refractivity contribution < 1.29 is 24.2 Å². The highest BCUT2D eigenvalue weighted by molar-refractivity contribution is 5.92. The molecule has 0 spiro atoms. The minimum atomic E-state index is -0.924. The molecule has 0 unspecified atom stereocenters. The molecule has 2 aliphatic rings. The largest absolute Gasteiger partial charge is 0.496 e. The lowest BCUT2D eigenvalue weighted by Gasteiger charge is -2.38. The van der Waals surface area contributed by atoms with Gasteiger partial charge in [0.05, 0.1) is 19.8 Å². The lowest BCUT2D eigenvalue weighted by molar-refractivity contribution is -0.155. The Morgan fingerprint density at radius 3 is 2.61 bits per heavy atom. The summed E-state index contributed by atoms with van der Waals surface area (Å²) in [6.07, 6.45) is 4.39. The van der Waals surface area contributed by atoms with Crippen LogP contribution >= 0.6 is 0 Å². The smallest absolute Gasteiger partial charge is 0.249 e. The van der Waals surface area contributed by atoms with Gasteiger partial charge in [-0.1, -0.05) is 49.6 Å². The van der Waals surface area contributed by atoms with Crippen LogP contribution in [0.1, 0.15) is 49.3 Å². The van der Waals surface area contributed by atoms with Crippen molar-refractivity contribution in [3.63, 3.8) is 0 Å². The number of hydrogen-bond acceptors (Lipinski definition) is 5. The molecule has 0 aromatic heterocycles. The van der Waals surface area contributed by atoms with Crippen molar-refractivity contribution in [3.8, 4) is 5.75 Å². The van der Waals surface area contributed by atoms with Crippen LogP contribution in [-0.4, -0.2) is 48.2 Å². The highest BCUT2D eigenvalue weighted by Gasteiger charge is 2.35. The fraction of sp³-hybridized carbons (Fsp3) is 0.462. The third-order valence-corrected chi connectivity index (χ3v) is 6.63. The fourth-order valence-corrected chi connectivity index (χ4v) is 4.70. The highest BCUT2D eigenvalue weighted by Crippen LogP contribution is 2.29. The van der Waals surface area contributed by atoms with Crippen LogP contribution in [0.15, 0.2) is 48.5 Å². The van der Waals surface area contributed by atoms with E-state index in [4.69, 9.17) is 9.47 Å². The third-order valence-electron chi connectivity index (χ3n) is 6.63. The Labute approximate surface area is 194 Å². The van der Waals surface area contributed by atoms with Crippen molar-refractivity contribution in [1.82, 2.24) is 4.90 Å². The van der Waals surface area contributed by atoms with Crippen molar-refractivity contribution in [2.45, 2.75) is 50.8 Å². The second-order valence-corrected chi connectivity index (χ2v) is 8.81. The van der Waals surface area contributed by atoms with Crippen LogP contribution in [0.4, 0.5) is 5.69 Å². The molecule has 2 fully saturated rings. The number of hydrogen-bond donors (Lipinski definition) is 2. The van der Waals surface area contributed by atoms with Gasteiger partial charge in [-0.15, -0.1) is 0 Å². The number of aliphatic hydroxyl groups is 1. The van der Waals surface area contributed by atoms with Gasteiger partial charge in [0.25, 0.3) is 0 Å². The van der Waals surface area contributed by atoms with Crippen molar-refractivity contribution in [2.75, 3.05) is 25.6 Å². The second-order valence-electron chi connectivity index (χ2n) is 8.81. The lowest BCUT2D eigenvalue weighted by atomic mass is 9.88. The number of para-hydroxylation sites is 1. The van der Waals surface area contributed by atoms with E-state index in [0.717, 1.165) is 31.2 Å². The van der Waals surface area contributed by atoms with Crippen LogP contribution < -0.4 is 10.1 Å². The maximum atomic E-state index is 12.7. The number of morpholine rings is 1. The predicted octanol–water partition coefficient (Wildman–Crippen LogP) is 3.68. The molecule has 2 N–H and O–H groups in total. The van der Waals surface area contributed by atoms with E-state index in [1.807, 2.05) is 24.3 Å². The van der Waals surface area contributed by atoms with Gasteiger partial charge >= 0.3 is 0 Å². The second kappa shape index (κ2) is 10.8. The molecule has 1 aliphatic heterocycles. The molecular formula is C26H32N2O5. The molecule has 4 rings (SSSR count). The summed E-state index contributed by atoms with van der Waals surface area (Å²) in [5, 5.41) is 14.1. The zero-order valence-electron chi connectivity index (χ0n) is 19.0. The van der Waals surface area contributed by atoms with Crippen LogP contribution in [0, 0.1) is 5.92 Å². The molecular weight excluding hydrogens is 420 g/mol. The fourth-order valence-electron chi connectivity index (χ4n) is 4.70. The molecule has 1 saturated carbocycles. The molecule has 2 amide bonds. The van der Waals surface area contributed by atoms with E-state index in [1.54, 1.807) is 36.3 Å². The van der Waals surface area contributed by atoms with E-state index < -0.39 is 12.1 Å². The van der Waals surface area contributed by atoms with Crippen LogP contribution in [0.3, 0.4) is 0 Å². The summed E-state index contributed by atoms with van der Waals surface area (Å²) < 4.78 is 10.9. The van der Waals surface area contributed by atoms with E-state index in [2.05, 4.69) is 5.32 Å². The number of nitrogens with one attached hydrogen (secondary N) is 1. The summed E-state index contributed by atoms with van der Waals surface area (Å²) in [5.41, 5.74) is 2.25. The van der Waals surface area contributed by atoms with Gasteiger partial charge in [0, 0.05) is 23.7 Å². The predicted molar refractivity (Wildman–Crippen MR) is 125 cm³/mol. The summed E-state index contributed by atoms with van der Waals surface area (Å²) in [4.78, 5) is 26.8. The van der Waals surface area contributed by atoms with E-state index in [9.17, 15) is 14.7 Å². The molecule has 1 heterocycles. The summed E-state index contributed by atoms with van der Waals surface area (Å²) in [5.74, 6) is 0.672. The quantitative estimate of drug-likeness (QED) is 0.669. The maximum Gasteiger partial charge on any atom is 0.249 e. The number of ether oxygens (including phenoxy) is 2. The monoisotopic (exact) mass is 452 g/mol. The van der Waals surface area contributed by atoms with Gasteiger partial charge in [-0.3, -0.25) is 9.59 Å². The lowest BCUT2D eigenvalue weighted by Crippen LogP contribution is -2.51. The van der Waals surface area contributed by atoms with E-state index in [1.165, 1.54) is 6.42 Å². The molecule has 0 bridgehead atoms. The van der Waals surface area contributed by atoms with Crippen LogP contribution in [-0.2, 0) is 20.9 Å². The average Bonchev–Trinajstić information content (AvgIpc) is 2.86. The number of aliphatic hydroxyl groups excluding tert-OH is 1. The van der Waals surface area contributed by atoms with Gasteiger partial charge in [0.15, 0.2) is 0 Å². The Morgan fingerprint density at radius 1 is 1.15 bits per heavy atom. The number of benzene rings is 2. The molecule has 33 heavy (non-hydrogen) atoms. The van der Waals surface area contributed by atoms with E-state index in [-0.39, 0.29) is 30.9 Å². The first-order chi connectivity index (χ1) is 16.1. The number of carbonyl (C=O) groups is 2. The summed E-state index contributed by atoms with van der Waals surface area (Å²) in [6.45, 7) is 0.552. The Hall–Kier alpha value is -2.90. The maximum absolute atomic E-state index is 12.7. The van der Waals surface area contributed by atoms with Gasteiger partial charge in [0.1, 0.15) is 18.5 Å². The Kier molecular flexibility index (Phi) is 7.62. The molecule has 1 aliphatic carbocycles. The van der Waals surface area contributed by atoms with Crippen molar-refractivity contribution in [1.29, 1.82) is 0 Å². The van der Waals surface area contributed by atoms with E-state index in [0.29, 0.717) is 23.5 Å². The standard InChI is InChI=1S/C26H32N2O5/c1-32-23-10-6-5-9-20(23)15-28-22(16-33-17-24(28)29)25(30)18-11-13-21(14-12-18)27-26(31)19-7-3-2-4-8-19/h5-6,9-14,19,22,25,30H,2-4,7-8,15-17H2,1H3,(H,27,31)/t22-,25-/m1/s1. The van der Waals surface area contributed by atoms with E-state index >= 15 is 0 Å². The number of anilines is 1. The zero-order chi connectivity index (χ0) is 23.2. The molecule has 176 valence electrons. The molecule has 7 nitrogen and oxygen atoms in total. The zero-order valence-corrected chi connectivity index (χ0v) is 19.0. The number of amides is 2. The Morgan fingerprint density at radius 2 is 1.88 bits per heavy atom. The molecule has 1 saturated heterocycles. The molecule has 2 aromatic carbocycles. The van der Waals surface area contributed by atoms with Crippen LogP contribution in [0.5, 0.6) is 5.75 Å². The van der Waals surface area contributed by atoms with Gasteiger partial charge in [-0.25, -0.2) is 0 Å². The van der Waals surface area contributed by atoms with Gasteiger partial charge in [-0.05, 0) is 36.6 Å². The van der Waals surface area contributed by atoms with Crippen LogP contribution in [0.2, 0.25) is 0 Å². The average molecular weight is 453 g/mol. The molecule has 7 heteroatoms. The van der Waals surface area contributed by atoms with Crippen LogP contribution in [0.25, 0.3) is 0 Å². The SMILES string of the molecule is COc1ccccc1CN1C(=O)COC[C@@H]1[C@H](O)c1ccc(NC(=O)C2CCCCC2)cc1. The number of carbonyl (C=O) groups excluding carboxylic acids is 2. The first kappa shape index (κ1) is 23.3. The van der Waals surface area contributed by atoms with Gasteiger partial charge < -0.3 is 24.8 Å². The minimum absolute atomic E-state index is 0.00942. The summed E-state index contributed by atoms with van der Waals surface area (Å²) in [6, 6.07) is 14.2. The number of methoxy groups -OCH3 is 1. The first-order valence-corrected chi connectivity index (χ1v) is 11.6. The van der Waals surface area contributed by atoms with Crippen molar-refractivity contribution >= 4 is 17.5 Å². The third kappa shape index (κ3) is 5.54.